The highest BCUT2D eigenvalue weighted by atomic mass is 32.2. The predicted octanol–water partition coefficient (Wildman–Crippen LogP) is 3.38. The molecule has 0 radical (unpaired) electrons. The zero-order valence-electron chi connectivity index (χ0n) is 15.5. The number of hydrogen-bond acceptors (Lipinski definition) is 5. The van der Waals surface area contributed by atoms with Crippen molar-refractivity contribution < 1.29 is 13.5 Å². The van der Waals surface area contributed by atoms with Crippen LogP contribution in [0.25, 0.3) is 10.8 Å². The quantitative estimate of drug-likeness (QED) is 0.646. The summed E-state index contributed by atoms with van der Waals surface area (Å²) in [5, 5.41) is 14.7. The van der Waals surface area contributed by atoms with Crippen molar-refractivity contribution >= 4 is 32.1 Å². The van der Waals surface area contributed by atoms with Crippen molar-refractivity contribution in [1.82, 2.24) is 9.62 Å². The van der Waals surface area contributed by atoms with E-state index in [-0.39, 0.29) is 6.04 Å². The van der Waals surface area contributed by atoms with Gasteiger partial charge >= 0.3 is 0 Å². The Bertz CT molecular complexity index is 1030. The molecule has 1 aliphatic rings. The minimum Gasteiger partial charge on any atom is -0.387 e. The molecule has 2 heterocycles. The Labute approximate surface area is 169 Å². The molecule has 0 amide bonds. The van der Waals surface area contributed by atoms with Crippen molar-refractivity contribution in [3.8, 4) is 0 Å². The van der Waals surface area contributed by atoms with Gasteiger partial charge in [-0.25, -0.2) is 13.1 Å². The van der Waals surface area contributed by atoms with E-state index in [2.05, 4.69) is 21.8 Å². The van der Waals surface area contributed by atoms with Gasteiger partial charge in [0.2, 0.25) is 10.0 Å². The average molecular weight is 417 g/mol. The molecule has 2 N–H and O–H groups in total. The van der Waals surface area contributed by atoms with Crippen LogP contribution in [0.3, 0.4) is 0 Å². The fraction of sp³-hybridized carbons (Fsp3) is 0.333. The van der Waals surface area contributed by atoms with E-state index in [1.807, 2.05) is 30.3 Å². The Balaban J connectivity index is 1.32. The molecule has 2 aromatic carbocycles. The number of likely N-dealkylation sites (tertiary alicyclic amines) is 1. The molecular formula is C21H24N2O3S2. The van der Waals surface area contributed by atoms with E-state index in [1.165, 1.54) is 11.3 Å². The highest BCUT2D eigenvalue weighted by Crippen LogP contribution is 2.23. The molecule has 7 heteroatoms. The molecule has 1 unspecified atom stereocenters. The van der Waals surface area contributed by atoms with E-state index in [0.29, 0.717) is 10.8 Å². The predicted molar refractivity (Wildman–Crippen MR) is 113 cm³/mol. The van der Waals surface area contributed by atoms with Crippen LogP contribution in [0, 0.1) is 0 Å². The molecule has 1 saturated heterocycles. The zero-order chi connectivity index (χ0) is 19.6. The molecule has 4 rings (SSSR count). The van der Waals surface area contributed by atoms with Crippen LogP contribution in [0.2, 0.25) is 0 Å². The minimum absolute atomic E-state index is 0.0545. The lowest BCUT2D eigenvalue weighted by atomic mass is 10.0. The number of nitrogens with one attached hydrogen (secondary N) is 1. The topological polar surface area (TPSA) is 69.6 Å². The molecule has 5 nitrogen and oxygen atoms in total. The summed E-state index contributed by atoms with van der Waals surface area (Å²) in [6.07, 6.45) is 0.938. The first-order valence-corrected chi connectivity index (χ1v) is 11.8. The van der Waals surface area contributed by atoms with E-state index < -0.39 is 16.1 Å². The van der Waals surface area contributed by atoms with Crippen molar-refractivity contribution in [1.29, 1.82) is 0 Å². The number of rotatable bonds is 6. The Kier molecular flexibility index (Phi) is 5.80. The number of piperidine rings is 1. The monoisotopic (exact) mass is 416 g/mol. The molecule has 1 atom stereocenters. The maximum atomic E-state index is 12.4. The van der Waals surface area contributed by atoms with Crippen LogP contribution in [-0.2, 0) is 10.0 Å². The maximum absolute atomic E-state index is 12.4. The standard InChI is InChI=1S/C21H24N2O3S2/c24-20(18-8-7-16-4-1-2-5-17(16)14-18)15-23-11-9-19(10-12-23)22-28(25,26)21-6-3-13-27-21/h1-8,13-14,19-20,22,24H,9-12,15H2. The summed E-state index contributed by atoms with van der Waals surface area (Å²) in [6.45, 7) is 2.09. The van der Waals surface area contributed by atoms with Crippen LogP contribution in [0.1, 0.15) is 24.5 Å². The second kappa shape index (κ2) is 8.31. The number of nitrogens with zero attached hydrogens (tertiary/aromatic N) is 1. The molecule has 0 spiro atoms. The summed E-state index contributed by atoms with van der Waals surface area (Å²) < 4.78 is 27.9. The second-order valence-electron chi connectivity index (χ2n) is 7.25. The summed E-state index contributed by atoms with van der Waals surface area (Å²) in [6, 6.07) is 17.5. The number of benzene rings is 2. The number of aliphatic hydroxyl groups is 1. The van der Waals surface area contributed by atoms with Gasteiger partial charge in [-0.05, 0) is 59.8 Å². The molecule has 3 aromatic rings. The van der Waals surface area contributed by atoms with Crippen molar-refractivity contribution in [3.63, 3.8) is 0 Å². The first kappa shape index (κ1) is 19.5. The third-order valence-corrected chi connectivity index (χ3v) is 8.18. The number of thiophene rings is 1. The third kappa shape index (κ3) is 4.45. The van der Waals surface area contributed by atoms with Gasteiger partial charge in [0.1, 0.15) is 4.21 Å². The molecule has 0 bridgehead atoms. The van der Waals surface area contributed by atoms with Gasteiger partial charge in [0, 0.05) is 12.6 Å². The Morgan fingerprint density at radius 1 is 1.07 bits per heavy atom. The van der Waals surface area contributed by atoms with Gasteiger partial charge in [-0.3, -0.25) is 0 Å². The first-order valence-electron chi connectivity index (χ1n) is 9.46. The van der Waals surface area contributed by atoms with Crippen molar-refractivity contribution in [2.75, 3.05) is 19.6 Å². The summed E-state index contributed by atoms with van der Waals surface area (Å²) in [4.78, 5) is 2.20. The summed E-state index contributed by atoms with van der Waals surface area (Å²) in [5.41, 5.74) is 0.916. The van der Waals surface area contributed by atoms with Crippen molar-refractivity contribution in [2.24, 2.45) is 0 Å². The van der Waals surface area contributed by atoms with Crippen LogP contribution in [-0.4, -0.2) is 44.1 Å². The van der Waals surface area contributed by atoms with Crippen molar-refractivity contribution in [2.45, 2.75) is 29.2 Å². The SMILES string of the molecule is O=S(=O)(NC1CCN(CC(O)c2ccc3ccccc3c2)CC1)c1cccs1. The highest BCUT2D eigenvalue weighted by molar-refractivity contribution is 7.91. The normalized spacial score (nSPS) is 17.8. The van der Waals surface area contributed by atoms with E-state index in [9.17, 15) is 13.5 Å². The summed E-state index contributed by atoms with van der Waals surface area (Å²) in [5.74, 6) is 0. The first-order chi connectivity index (χ1) is 13.5. The molecule has 1 fully saturated rings. The Morgan fingerprint density at radius 2 is 1.82 bits per heavy atom. The molecule has 0 aliphatic carbocycles. The highest BCUT2D eigenvalue weighted by Gasteiger charge is 2.26. The van der Waals surface area contributed by atoms with Crippen LogP contribution < -0.4 is 4.72 Å². The average Bonchev–Trinajstić information content (AvgIpc) is 3.25. The summed E-state index contributed by atoms with van der Waals surface area (Å²) >= 11 is 1.23. The molecule has 1 aliphatic heterocycles. The number of β-amino-alcohol motifs (C(OH)–C–C–N with tert-alkyl or cyclic N) is 1. The van der Waals surface area contributed by atoms with Gasteiger partial charge in [0.05, 0.1) is 6.10 Å². The van der Waals surface area contributed by atoms with Gasteiger partial charge in [0.15, 0.2) is 0 Å². The van der Waals surface area contributed by atoms with E-state index in [0.717, 1.165) is 42.3 Å². The smallest absolute Gasteiger partial charge is 0.250 e. The van der Waals surface area contributed by atoms with E-state index in [4.69, 9.17) is 0 Å². The second-order valence-corrected chi connectivity index (χ2v) is 10.1. The maximum Gasteiger partial charge on any atom is 0.250 e. The number of sulfonamides is 1. The van der Waals surface area contributed by atoms with Crippen LogP contribution in [0.4, 0.5) is 0 Å². The lowest BCUT2D eigenvalue weighted by Gasteiger charge is -2.33. The fourth-order valence-corrected chi connectivity index (χ4v) is 6.01. The van der Waals surface area contributed by atoms with Crippen molar-refractivity contribution in [3.05, 3.63) is 65.5 Å². The van der Waals surface area contributed by atoms with Gasteiger partial charge in [-0.1, -0.05) is 42.5 Å². The van der Waals surface area contributed by atoms with E-state index >= 15 is 0 Å². The molecule has 148 valence electrons. The van der Waals surface area contributed by atoms with Gasteiger partial charge in [0.25, 0.3) is 0 Å². The zero-order valence-corrected chi connectivity index (χ0v) is 17.1. The van der Waals surface area contributed by atoms with Gasteiger partial charge in [-0.15, -0.1) is 11.3 Å². The third-order valence-electron chi connectivity index (χ3n) is 5.26. The molecule has 1 aromatic heterocycles. The van der Waals surface area contributed by atoms with E-state index in [1.54, 1.807) is 17.5 Å². The number of aliphatic hydroxyl groups excluding tert-OH is 1. The molecule has 28 heavy (non-hydrogen) atoms. The lowest BCUT2D eigenvalue weighted by Crippen LogP contribution is -2.45. The van der Waals surface area contributed by atoms with Gasteiger partial charge in [-0.2, -0.15) is 0 Å². The van der Waals surface area contributed by atoms with Crippen LogP contribution in [0.5, 0.6) is 0 Å². The number of hydrogen-bond donors (Lipinski definition) is 2. The number of fused-ring (bicyclic) bond motifs is 1. The van der Waals surface area contributed by atoms with Crippen LogP contribution in [0.15, 0.2) is 64.2 Å². The van der Waals surface area contributed by atoms with Gasteiger partial charge < -0.3 is 10.0 Å². The fourth-order valence-electron chi connectivity index (χ4n) is 3.69. The Morgan fingerprint density at radius 3 is 2.54 bits per heavy atom. The Hall–Kier alpha value is -1.77. The minimum atomic E-state index is -3.42. The molecule has 0 saturated carbocycles. The summed E-state index contributed by atoms with van der Waals surface area (Å²) in [7, 11) is -3.42. The lowest BCUT2D eigenvalue weighted by molar-refractivity contribution is 0.0964. The largest absolute Gasteiger partial charge is 0.387 e. The van der Waals surface area contributed by atoms with Crippen LogP contribution >= 0.6 is 11.3 Å². The molecular weight excluding hydrogens is 392 g/mol.